The van der Waals surface area contributed by atoms with E-state index in [1.165, 1.54) is 0 Å². The van der Waals surface area contributed by atoms with Crippen molar-refractivity contribution in [2.24, 2.45) is 0 Å². The summed E-state index contributed by atoms with van der Waals surface area (Å²) in [6.45, 7) is 2.95. The molecule has 0 aromatic heterocycles. The van der Waals surface area contributed by atoms with Crippen molar-refractivity contribution < 1.29 is 9.47 Å². The van der Waals surface area contributed by atoms with Gasteiger partial charge in [0.2, 0.25) is 0 Å². The fourth-order valence-electron chi connectivity index (χ4n) is 1.83. The first-order valence-electron chi connectivity index (χ1n) is 6.04. The Labute approximate surface area is 102 Å². The van der Waals surface area contributed by atoms with Crippen LogP contribution in [0.25, 0.3) is 10.8 Å². The van der Waals surface area contributed by atoms with Gasteiger partial charge in [-0.15, -0.1) is 0 Å². The van der Waals surface area contributed by atoms with Gasteiger partial charge in [-0.2, -0.15) is 0 Å². The number of hydrogen-bond donors (Lipinski definition) is 0. The summed E-state index contributed by atoms with van der Waals surface area (Å²) < 4.78 is 11.0. The average Bonchev–Trinajstić information content (AvgIpc) is 2.38. The van der Waals surface area contributed by atoms with Crippen LogP contribution in [0.2, 0.25) is 0 Å². The number of ether oxygens (including phenoxy) is 2. The second kappa shape index (κ2) is 5.58. The van der Waals surface area contributed by atoms with E-state index in [1.54, 1.807) is 7.11 Å². The summed E-state index contributed by atoms with van der Waals surface area (Å²) in [4.78, 5) is 0. The van der Waals surface area contributed by atoms with Crippen molar-refractivity contribution in [3.05, 3.63) is 36.4 Å². The van der Waals surface area contributed by atoms with Crippen molar-refractivity contribution in [1.82, 2.24) is 0 Å². The molecule has 0 saturated heterocycles. The molecule has 0 bridgehead atoms. The first kappa shape index (κ1) is 11.8. The zero-order valence-electron chi connectivity index (χ0n) is 10.4. The second-order valence-electron chi connectivity index (χ2n) is 4.05. The van der Waals surface area contributed by atoms with Crippen LogP contribution in [-0.4, -0.2) is 13.7 Å². The van der Waals surface area contributed by atoms with Gasteiger partial charge >= 0.3 is 0 Å². The molecule has 90 valence electrons. The molecule has 17 heavy (non-hydrogen) atoms. The third-order valence-electron chi connectivity index (χ3n) is 2.80. The first-order valence-corrected chi connectivity index (χ1v) is 6.04. The Bertz CT molecular complexity index is 491. The standard InChI is InChI=1S/C15H18O2/c1-3-4-10-17-13-8-9-14-12(11-13)6-5-7-15(14)16-2/h5-9,11H,3-4,10H2,1-2H3. The third kappa shape index (κ3) is 2.70. The Morgan fingerprint density at radius 1 is 1.12 bits per heavy atom. The molecule has 0 fully saturated rings. The molecule has 0 atom stereocenters. The maximum Gasteiger partial charge on any atom is 0.126 e. The van der Waals surface area contributed by atoms with Gasteiger partial charge < -0.3 is 9.47 Å². The number of hydrogen-bond acceptors (Lipinski definition) is 2. The van der Waals surface area contributed by atoms with E-state index in [1.807, 2.05) is 18.2 Å². The van der Waals surface area contributed by atoms with Gasteiger partial charge in [-0.1, -0.05) is 25.5 Å². The van der Waals surface area contributed by atoms with Crippen LogP contribution in [0.5, 0.6) is 11.5 Å². The molecule has 0 aliphatic rings. The van der Waals surface area contributed by atoms with Crippen molar-refractivity contribution in [1.29, 1.82) is 0 Å². The van der Waals surface area contributed by atoms with Crippen LogP contribution in [-0.2, 0) is 0 Å². The summed E-state index contributed by atoms with van der Waals surface area (Å²) in [5, 5.41) is 2.27. The topological polar surface area (TPSA) is 18.5 Å². The Morgan fingerprint density at radius 3 is 2.76 bits per heavy atom. The summed E-state index contributed by atoms with van der Waals surface area (Å²) in [6.07, 6.45) is 2.25. The number of rotatable bonds is 5. The highest BCUT2D eigenvalue weighted by Crippen LogP contribution is 2.28. The molecule has 0 heterocycles. The predicted octanol–water partition coefficient (Wildman–Crippen LogP) is 4.03. The second-order valence-corrected chi connectivity index (χ2v) is 4.05. The van der Waals surface area contributed by atoms with Gasteiger partial charge in [0.1, 0.15) is 11.5 Å². The third-order valence-corrected chi connectivity index (χ3v) is 2.80. The summed E-state index contributed by atoms with van der Waals surface area (Å²) in [6, 6.07) is 12.2. The maximum atomic E-state index is 5.69. The summed E-state index contributed by atoms with van der Waals surface area (Å²) in [7, 11) is 1.69. The van der Waals surface area contributed by atoms with Gasteiger partial charge in [-0.3, -0.25) is 0 Å². The van der Waals surface area contributed by atoms with Crippen molar-refractivity contribution in [3.8, 4) is 11.5 Å². The lowest BCUT2D eigenvalue weighted by Crippen LogP contribution is -1.96. The summed E-state index contributed by atoms with van der Waals surface area (Å²) in [5.41, 5.74) is 0. The normalized spacial score (nSPS) is 10.5. The summed E-state index contributed by atoms with van der Waals surface area (Å²) in [5.74, 6) is 1.84. The lowest BCUT2D eigenvalue weighted by atomic mass is 10.1. The maximum absolute atomic E-state index is 5.69. The highest BCUT2D eigenvalue weighted by Gasteiger charge is 2.02. The van der Waals surface area contributed by atoms with E-state index in [0.29, 0.717) is 0 Å². The zero-order valence-corrected chi connectivity index (χ0v) is 10.4. The molecule has 0 radical (unpaired) electrons. The lowest BCUT2D eigenvalue weighted by Gasteiger charge is -2.08. The SMILES string of the molecule is CCCCOc1ccc2c(OC)cccc2c1. The zero-order chi connectivity index (χ0) is 12.1. The molecule has 2 aromatic carbocycles. The highest BCUT2D eigenvalue weighted by atomic mass is 16.5. The van der Waals surface area contributed by atoms with Gasteiger partial charge in [0.15, 0.2) is 0 Å². The minimum atomic E-state index is 0.784. The molecular formula is C15H18O2. The summed E-state index contributed by atoms with van der Waals surface area (Å²) >= 11 is 0. The van der Waals surface area contributed by atoms with E-state index < -0.39 is 0 Å². The van der Waals surface area contributed by atoms with Crippen LogP contribution in [0.3, 0.4) is 0 Å². The smallest absolute Gasteiger partial charge is 0.126 e. The van der Waals surface area contributed by atoms with E-state index in [2.05, 4.69) is 25.1 Å². The van der Waals surface area contributed by atoms with Crippen LogP contribution in [0.1, 0.15) is 19.8 Å². The molecule has 2 heteroatoms. The molecule has 0 aliphatic carbocycles. The average molecular weight is 230 g/mol. The highest BCUT2D eigenvalue weighted by molar-refractivity contribution is 5.89. The van der Waals surface area contributed by atoms with Crippen LogP contribution in [0.4, 0.5) is 0 Å². The Hall–Kier alpha value is -1.70. The van der Waals surface area contributed by atoms with Gasteiger partial charge in [-0.25, -0.2) is 0 Å². The Balaban J connectivity index is 2.25. The van der Waals surface area contributed by atoms with Crippen LogP contribution in [0, 0.1) is 0 Å². The first-order chi connectivity index (χ1) is 8.35. The van der Waals surface area contributed by atoms with Crippen LogP contribution < -0.4 is 9.47 Å². The van der Waals surface area contributed by atoms with Gasteiger partial charge in [-0.05, 0) is 36.1 Å². The molecule has 0 aliphatic heterocycles. The minimum Gasteiger partial charge on any atom is -0.496 e. The van der Waals surface area contributed by atoms with Crippen LogP contribution >= 0.6 is 0 Å². The van der Waals surface area contributed by atoms with Gasteiger partial charge in [0.05, 0.1) is 13.7 Å². The Kier molecular flexibility index (Phi) is 3.86. The number of fused-ring (bicyclic) bond motifs is 1. The largest absolute Gasteiger partial charge is 0.496 e. The molecule has 2 nitrogen and oxygen atoms in total. The fourth-order valence-corrected chi connectivity index (χ4v) is 1.83. The van der Waals surface area contributed by atoms with E-state index in [9.17, 15) is 0 Å². The molecular weight excluding hydrogens is 212 g/mol. The van der Waals surface area contributed by atoms with E-state index in [0.717, 1.165) is 41.7 Å². The number of methoxy groups -OCH3 is 1. The van der Waals surface area contributed by atoms with Crippen molar-refractivity contribution >= 4 is 10.8 Å². The minimum absolute atomic E-state index is 0.784. The number of unbranched alkanes of at least 4 members (excludes halogenated alkanes) is 1. The van der Waals surface area contributed by atoms with Crippen molar-refractivity contribution in [3.63, 3.8) is 0 Å². The lowest BCUT2D eigenvalue weighted by molar-refractivity contribution is 0.310. The molecule has 0 amide bonds. The molecule has 0 spiro atoms. The van der Waals surface area contributed by atoms with E-state index in [-0.39, 0.29) is 0 Å². The fraction of sp³-hybridized carbons (Fsp3) is 0.333. The quantitative estimate of drug-likeness (QED) is 0.722. The molecule has 0 N–H and O–H groups in total. The van der Waals surface area contributed by atoms with E-state index in [4.69, 9.17) is 9.47 Å². The monoisotopic (exact) mass is 230 g/mol. The van der Waals surface area contributed by atoms with Crippen LogP contribution in [0.15, 0.2) is 36.4 Å². The number of benzene rings is 2. The van der Waals surface area contributed by atoms with E-state index >= 15 is 0 Å². The molecule has 0 unspecified atom stereocenters. The van der Waals surface area contributed by atoms with Gasteiger partial charge in [0.25, 0.3) is 0 Å². The predicted molar refractivity (Wildman–Crippen MR) is 70.9 cm³/mol. The molecule has 2 rings (SSSR count). The van der Waals surface area contributed by atoms with Gasteiger partial charge in [0, 0.05) is 5.39 Å². The van der Waals surface area contributed by atoms with Crippen molar-refractivity contribution in [2.45, 2.75) is 19.8 Å². The molecule has 0 saturated carbocycles. The Morgan fingerprint density at radius 2 is 2.00 bits per heavy atom. The van der Waals surface area contributed by atoms with Crippen molar-refractivity contribution in [2.75, 3.05) is 13.7 Å². The molecule has 2 aromatic rings.